The number of amides is 1. The normalized spacial score (nSPS) is 30.3. The van der Waals surface area contributed by atoms with Gasteiger partial charge in [-0.05, 0) is 25.8 Å². The van der Waals surface area contributed by atoms with Gasteiger partial charge in [0.1, 0.15) is 0 Å². The number of hydrogen-bond acceptors (Lipinski definition) is 3. The van der Waals surface area contributed by atoms with Gasteiger partial charge in [-0.3, -0.25) is 4.79 Å². The van der Waals surface area contributed by atoms with E-state index in [9.17, 15) is 4.79 Å². The molecule has 0 aromatic rings. The molecule has 2 atom stereocenters. The lowest BCUT2D eigenvalue weighted by atomic mass is 10.1. The lowest BCUT2D eigenvalue weighted by molar-refractivity contribution is -0.132. The fraction of sp³-hybridized carbons (Fsp3) is 0.923. The maximum atomic E-state index is 12.3. The van der Waals surface area contributed by atoms with Crippen LogP contribution in [0, 0.1) is 5.92 Å². The molecular formula is C13H24N2O2. The molecule has 0 saturated carbocycles. The first-order valence-electron chi connectivity index (χ1n) is 6.82. The van der Waals surface area contributed by atoms with E-state index in [1.807, 2.05) is 4.90 Å². The monoisotopic (exact) mass is 240 g/mol. The number of methoxy groups -OCH3 is 1. The fourth-order valence-electron chi connectivity index (χ4n) is 2.86. The highest BCUT2D eigenvalue weighted by Gasteiger charge is 2.30. The van der Waals surface area contributed by atoms with Crippen molar-refractivity contribution >= 4 is 5.91 Å². The summed E-state index contributed by atoms with van der Waals surface area (Å²) in [5, 5.41) is 3.38. The van der Waals surface area contributed by atoms with Gasteiger partial charge in [-0.15, -0.1) is 0 Å². The Morgan fingerprint density at radius 3 is 3.06 bits per heavy atom. The Kier molecular flexibility index (Phi) is 4.80. The van der Waals surface area contributed by atoms with Crippen LogP contribution in [0.25, 0.3) is 0 Å². The summed E-state index contributed by atoms with van der Waals surface area (Å²) in [6.07, 6.45) is 5.73. The van der Waals surface area contributed by atoms with Gasteiger partial charge in [0.15, 0.2) is 0 Å². The lowest BCUT2D eigenvalue weighted by Gasteiger charge is -2.23. The van der Waals surface area contributed by atoms with Crippen molar-refractivity contribution in [3.8, 4) is 0 Å². The molecule has 4 heteroatoms. The highest BCUT2D eigenvalue weighted by molar-refractivity contribution is 5.82. The Balaban J connectivity index is 1.83. The van der Waals surface area contributed by atoms with Crippen LogP contribution in [0.15, 0.2) is 0 Å². The summed E-state index contributed by atoms with van der Waals surface area (Å²) in [5.74, 6) is 0.847. The van der Waals surface area contributed by atoms with E-state index in [1.165, 1.54) is 19.3 Å². The molecule has 2 aliphatic heterocycles. The topological polar surface area (TPSA) is 41.6 Å². The maximum Gasteiger partial charge on any atom is 0.239 e. The molecular weight excluding hydrogens is 216 g/mol. The first-order valence-corrected chi connectivity index (χ1v) is 6.82. The molecule has 2 fully saturated rings. The van der Waals surface area contributed by atoms with Gasteiger partial charge in [-0.2, -0.15) is 0 Å². The number of rotatable bonds is 3. The molecule has 1 amide bonds. The molecule has 2 unspecified atom stereocenters. The zero-order valence-electron chi connectivity index (χ0n) is 10.8. The van der Waals surface area contributed by atoms with Crippen LogP contribution in [0.4, 0.5) is 0 Å². The second kappa shape index (κ2) is 6.36. The maximum absolute atomic E-state index is 12.3. The molecule has 2 aliphatic rings. The van der Waals surface area contributed by atoms with E-state index in [1.54, 1.807) is 7.11 Å². The van der Waals surface area contributed by atoms with E-state index in [4.69, 9.17) is 4.74 Å². The Hall–Kier alpha value is -0.610. The van der Waals surface area contributed by atoms with Crippen LogP contribution in [0.3, 0.4) is 0 Å². The van der Waals surface area contributed by atoms with E-state index in [0.29, 0.717) is 11.8 Å². The minimum absolute atomic E-state index is 0.0683. The van der Waals surface area contributed by atoms with Gasteiger partial charge in [0.2, 0.25) is 5.91 Å². The quantitative estimate of drug-likeness (QED) is 0.800. The number of ether oxygens (including phenoxy) is 1. The molecule has 4 nitrogen and oxygen atoms in total. The van der Waals surface area contributed by atoms with Crippen LogP contribution < -0.4 is 5.32 Å². The molecule has 0 aliphatic carbocycles. The number of carbonyl (C=O) groups excluding carboxylic acids is 1. The average molecular weight is 240 g/mol. The molecule has 0 spiro atoms. The van der Waals surface area contributed by atoms with Crippen LogP contribution in [0.5, 0.6) is 0 Å². The third-order valence-corrected chi connectivity index (χ3v) is 3.86. The third kappa shape index (κ3) is 3.42. The second-order valence-corrected chi connectivity index (χ2v) is 5.25. The highest BCUT2D eigenvalue weighted by Crippen LogP contribution is 2.19. The summed E-state index contributed by atoms with van der Waals surface area (Å²) < 4.78 is 5.17. The molecule has 1 N–H and O–H groups in total. The molecule has 2 saturated heterocycles. The predicted octanol–water partition coefficient (Wildman–Crippen LogP) is 1.01. The van der Waals surface area contributed by atoms with Crippen molar-refractivity contribution in [2.45, 2.75) is 38.1 Å². The summed E-state index contributed by atoms with van der Waals surface area (Å²) in [4.78, 5) is 14.3. The predicted molar refractivity (Wildman–Crippen MR) is 66.8 cm³/mol. The molecule has 2 rings (SSSR count). The van der Waals surface area contributed by atoms with Crippen molar-refractivity contribution in [3.63, 3.8) is 0 Å². The van der Waals surface area contributed by atoms with Crippen LogP contribution in [-0.2, 0) is 9.53 Å². The van der Waals surface area contributed by atoms with Crippen LogP contribution in [0.2, 0.25) is 0 Å². The van der Waals surface area contributed by atoms with Crippen LogP contribution >= 0.6 is 0 Å². The first kappa shape index (κ1) is 12.8. The van der Waals surface area contributed by atoms with E-state index in [-0.39, 0.29) is 6.04 Å². The van der Waals surface area contributed by atoms with E-state index < -0.39 is 0 Å². The van der Waals surface area contributed by atoms with Gasteiger partial charge in [0.05, 0.1) is 12.6 Å². The lowest BCUT2D eigenvalue weighted by Crippen LogP contribution is -2.45. The fourth-order valence-corrected chi connectivity index (χ4v) is 2.86. The average Bonchev–Trinajstić information content (AvgIpc) is 2.64. The third-order valence-electron chi connectivity index (χ3n) is 3.86. The van der Waals surface area contributed by atoms with Crippen LogP contribution in [-0.4, -0.2) is 50.2 Å². The Morgan fingerprint density at radius 1 is 1.35 bits per heavy atom. The van der Waals surface area contributed by atoms with Gasteiger partial charge in [-0.1, -0.05) is 12.8 Å². The number of hydrogen-bond donors (Lipinski definition) is 1. The summed E-state index contributed by atoms with van der Waals surface area (Å²) >= 11 is 0. The minimum atomic E-state index is 0.0683. The van der Waals surface area contributed by atoms with Gasteiger partial charge < -0.3 is 15.0 Å². The van der Waals surface area contributed by atoms with E-state index in [0.717, 1.165) is 39.1 Å². The molecule has 17 heavy (non-hydrogen) atoms. The van der Waals surface area contributed by atoms with Gasteiger partial charge in [0.25, 0.3) is 0 Å². The molecule has 98 valence electrons. The van der Waals surface area contributed by atoms with Gasteiger partial charge >= 0.3 is 0 Å². The smallest absolute Gasteiger partial charge is 0.239 e. The zero-order valence-corrected chi connectivity index (χ0v) is 10.8. The van der Waals surface area contributed by atoms with Crippen molar-refractivity contribution in [1.29, 1.82) is 0 Å². The number of nitrogens with zero attached hydrogens (tertiary/aromatic N) is 1. The van der Waals surface area contributed by atoms with Crippen LogP contribution in [0.1, 0.15) is 32.1 Å². The molecule has 0 radical (unpaired) electrons. The first-order chi connectivity index (χ1) is 8.31. The number of nitrogens with one attached hydrogen (secondary N) is 1. The summed E-state index contributed by atoms with van der Waals surface area (Å²) in [6, 6.07) is 0.0683. The van der Waals surface area contributed by atoms with Crippen molar-refractivity contribution < 1.29 is 9.53 Å². The van der Waals surface area contributed by atoms with Crippen molar-refractivity contribution in [1.82, 2.24) is 10.2 Å². The summed E-state index contributed by atoms with van der Waals surface area (Å²) in [6.45, 7) is 3.56. The van der Waals surface area contributed by atoms with Crippen molar-refractivity contribution in [3.05, 3.63) is 0 Å². The minimum Gasteiger partial charge on any atom is -0.384 e. The number of likely N-dealkylation sites (tertiary alicyclic amines) is 1. The van der Waals surface area contributed by atoms with Gasteiger partial charge in [0, 0.05) is 26.1 Å². The standard InChI is InChI=1S/C13H24N2O2/c1-17-10-11-6-8-15(9-11)13(16)12-5-3-2-4-7-14-12/h11-12,14H,2-10H2,1H3. The largest absolute Gasteiger partial charge is 0.384 e. The van der Waals surface area contributed by atoms with Crippen molar-refractivity contribution in [2.75, 3.05) is 33.4 Å². The molecule has 0 aromatic carbocycles. The van der Waals surface area contributed by atoms with E-state index >= 15 is 0 Å². The Labute approximate surface area is 104 Å². The van der Waals surface area contributed by atoms with E-state index in [2.05, 4.69) is 5.32 Å². The number of carbonyl (C=O) groups is 1. The molecule has 2 heterocycles. The summed E-state index contributed by atoms with van der Waals surface area (Å²) in [7, 11) is 1.73. The zero-order chi connectivity index (χ0) is 12.1. The SMILES string of the molecule is COCC1CCN(C(=O)C2CCCCCN2)C1. The Morgan fingerprint density at radius 2 is 2.24 bits per heavy atom. The molecule has 0 aromatic heterocycles. The van der Waals surface area contributed by atoms with Crippen molar-refractivity contribution in [2.24, 2.45) is 5.92 Å². The second-order valence-electron chi connectivity index (χ2n) is 5.25. The summed E-state index contributed by atoms with van der Waals surface area (Å²) in [5.41, 5.74) is 0. The van der Waals surface area contributed by atoms with Gasteiger partial charge in [-0.25, -0.2) is 0 Å². The Bertz CT molecular complexity index is 250. The highest BCUT2D eigenvalue weighted by atomic mass is 16.5. The molecule has 0 bridgehead atoms.